The van der Waals surface area contributed by atoms with E-state index in [1.807, 2.05) is 0 Å². The van der Waals surface area contributed by atoms with Crippen molar-refractivity contribution in [3.05, 3.63) is 67.2 Å². The lowest BCUT2D eigenvalue weighted by atomic mass is 10.1. The van der Waals surface area contributed by atoms with Crippen molar-refractivity contribution >= 4 is 78.4 Å². The lowest BCUT2D eigenvalue weighted by molar-refractivity contribution is -0.286. The molecule has 1 atom stereocenters. The number of carbonyl (C=O) groups excluding carboxylic acids is 2. The molecule has 45 heavy (non-hydrogen) atoms. The Hall–Kier alpha value is -3.29. The number of thiophene rings is 1. The highest BCUT2D eigenvalue weighted by atomic mass is 79.9. The first kappa shape index (κ1) is 36.2. The van der Waals surface area contributed by atoms with Gasteiger partial charge in [0.25, 0.3) is 0 Å². The smallest absolute Gasteiger partial charge is 0.493 e. The van der Waals surface area contributed by atoms with Crippen LogP contribution in [-0.2, 0) is 40.6 Å². The number of halogens is 6. The van der Waals surface area contributed by atoms with Crippen LogP contribution in [0.3, 0.4) is 0 Å². The van der Waals surface area contributed by atoms with Crippen LogP contribution in [0.5, 0.6) is 5.75 Å². The Morgan fingerprint density at radius 3 is 2.20 bits per heavy atom. The van der Waals surface area contributed by atoms with Crippen LogP contribution >= 0.6 is 50.5 Å². The predicted octanol–water partition coefficient (Wildman–Crippen LogP) is 4.91. The minimum absolute atomic E-state index is 0.176. The van der Waals surface area contributed by atoms with Crippen molar-refractivity contribution in [2.24, 2.45) is 16.6 Å². The summed E-state index contributed by atoms with van der Waals surface area (Å²) in [5.74, 6) is -4.25. The third-order valence-electron chi connectivity index (χ3n) is 5.42. The standard InChI is InChI=1S/C25H22BrCl2F3N4O8S2/c26-19-18(20(27)44-21(19)28)14-4-8-16(9-5-14)45(38,39)35-17(22(36)42-43-23(37)25(29,30)31)12-13-2-6-15(7-3-13)40-10-1-11-41-34-24(32)33/h2-9,17,35H,1,10-12H2,(H4,32,33,34)/t17-/m0/s1. The molecule has 0 aliphatic heterocycles. The quantitative estimate of drug-likeness (QED) is 0.0709. The van der Waals surface area contributed by atoms with Gasteiger partial charge in [-0.05, 0) is 62.9 Å². The van der Waals surface area contributed by atoms with Crippen LogP contribution < -0.4 is 20.9 Å². The Bertz CT molecular complexity index is 1640. The van der Waals surface area contributed by atoms with Gasteiger partial charge in [-0.3, -0.25) is 0 Å². The molecular weight excluding hydrogens is 756 g/mol. The van der Waals surface area contributed by atoms with E-state index in [1.54, 1.807) is 0 Å². The highest BCUT2D eigenvalue weighted by molar-refractivity contribution is 9.10. The predicted molar refractivity (Wildman–Crippen MR) is 162 cm³/mol. The van der Waals surface area contributed by atoms with Crippen LogP contribution in [0.1, 0.15) is 12.0 Å². The van der Waals surface area contributed by atoms with E-state index < -0.39 is 40.6 Å². The Balaban J connectivity index is 1.75. The van der Waals surface area contributed by atoms with Gasteiger partial charge in [-0.2, -0.15) is 17.9 Å². The van der Waals surface area contributed by atoms with Gasteiger partial charge in [-0.25, -0.2) is 27.8 Å². The van der Waals surface area contributed by atoms with Gasteiger partial charge >= 0.3 is 18.1 Å². The molecule has 20 heteroatoms. The van der Waals surface area contributed by atoms with Gasteiger partial charge in [0, 0.05) is 12.0 Å². The van der Waals surface area contributed by atoms with Crippen molar-refractivity contribution < 1.29 is 50.5 Å². The Labute approximate surface area is 276 Å². The molecule has 0 saturated heterocycles. The number of ether oxygens (including phenoxy) is 1. The number of benzene rings is 2. The van der Waals surface area contributed by atoms with Crippen molar-refractivity contribution in [3.8, 4) is 16.9 Å². The van der Waals surface area contributed by atoms with Crippen LogP contribution in [0, 0.1) is 0 Å². The second kappa shape index (κ2) is 15.8. The number of hydrogen-bond donors (Lipinski definition) is 3. The maximum absolute atomic E-state index is 13.2. The topological polar surface area (TPSA) is 182 Å². The second-order valence-electron chi connectivity index (χ2n) is 8.71. The summed E-state index contributed by atoms with van der Waals surface area (Å²) < 4.78 is 72.9. The zero-order chi connectivity index (χ0) is 33.4. The van der Waals surface area contributed by atoms with E-state index in [1.165, 1.54) is 48.5 Å². The summed E-state index contributed by atoms with van der Waals surface area (Å²) in [6.45, 7) is 0.398. The third-order valence-corrected chi connectivity index (χ3v) is 9.79. The average molecular weight is 778 g/mol. The first-order valence-electron chi connectivity index (χ1n) is 12.3. The summed E-state index contributed by atoms with van der Waals surface area (Å²) in [5, 5.41) is 3.36. The summed E-state index contributed by atoms with van der Waals surface area (Å²) in [6, 6.07) is 9.44. The summed E-state index contributed by atoms with van der Waals surface area (Å²) in [6.07, 6.45) is -5.45. The molecular formula is C25H22BrCl2F3N4O8S2. The molecule has 0 spiro atoms. The van der Waals surface area contributed by atoms with E-state index in [0.29, 0.717) is 42.0 Å². The number of nitrogens with two attached hydrogens (primary N) is 2. The molecule has 1 heterocycles. The largest absolute Gasteiger partial charge is 0.495 e. The van der Waals surface area contributed by atoms with Gasteiger partial charge < -0.3 is 21.0 Å². The van der Waals surface area contributed by atoms with E-state index in [-0.39, 0.29) is 24.1 Å². The lowest BCUT2D eigenvalue weighted by Gasteiger charge is -2.17. The SMILES string of the molecule is NC(N)=NOCCCOc1ccc(C[C@H](NS(=O)(=O)c2ccc(-c3c(Cl)sc(Cl)c3Br)cc2)C(=O)OOC(=O)C(F)(F)F)cc1. The van der Waals surface area contributed by atoms with Crippen LogP contribution in [-0.4, -0.2) is 51.7 Å². The number of alkyl halides is 3. The van der Waals surface area contributed by atoms with E-state index in [0.717, 1.165) is 11.3 Å². The number of hydrogen-bond acceptors (Lipinski definition) is 10. The molecule has 0 unspecified atom stereocenters. The molecule has 2 aromatic carbocycles. The van der Waals surface area contributed by atoms with Crippen LogP contribution in [0.15, 0.2) is 63.1 Å². The number of nitrogens with one attached hydrogen (secondary N) is 1. The second-order valence-corrected chi connectivity index (χ2v) is 13.4. The van der Waals surface area contributed by atoms with Gasteiger partial charge in [-0.1, -0.05) is 47.5 Å². The van der Waals surface area contributed by atoms with Gasteiger partial charge in [0.15, 0.2) is 0 Å². The molecule has 0 fully saturated rings. The summed E-state index contributed by atoms with van der Waals surface area (Å²) >= 11 is 16.7. The fourth-order valence-electron chi connectivity index (χ4n) is 3.40. The molecule has 0 aliphatic carbocycles. The van der Waals surface area contributed by atoms with Gasteiger partial charge in [-0.15, -0.1) is 11.3 Å². The molecule has 0 bridgehead atoms. The highest BCUT2D eigenvalue weighted by Gasteiger charge is 2.43. The molecule has 3 aromatic rings. The number of nitrogens with zero attached hydrogens (tertiary/aromatic N) is 1. The van der Waals surface area contributed by atoms with E-state index >= 15 is 0 Å². The molecule has 244 valence electrons. The fraction of sp³-hybridized carbons (Fsp3) is 0.240. The van der Waals surface area contributed by atoms with Crippen molar-refractivity contribution in [2.75, 3.05) is 13.2 Å². The molecule has 0 amide bonds. The Morgan fingerprint density at radius 2 is 1.64 bits per heavy atom. The minimum atomic E-state index is -5.46. The molecule has 12 nitrogen and oxygen atoms in total. The molecule has 5 N–H and O–H groups in total. The van der Waals surface area contributed by atoms with E-state index in [2.05, 4.69) is 35.6 Å². The number of guanidine groups is 1. The van der Waals surface area contributed by atoms with Crippen LogP contribution in [0.4, 0.5) is 13.2 Å². The first-order chi connectivity index (χ1) is 21.1. The van der Waals surface area contributed by atoms with Crippen molar-refractivity contribution in [1.29, 1.82) is 0 Å². The Kier molecular flexibility index (Phi) is 12.7. The van der Waals surface area contributed by atoms with Crippen molar-refractivity contribution in [3.63, 3.8) is 0 Å². The van der Waals surface area contributed by atoms with Crippen LogP contribution in [0.2, 0.25) is 8.67 Å². The van der Waals surface area contributed by atoms with Crippen molar-refractivity contribution in [2.45, 2.75) is 30.0 Å². The minimum Gasteiger partial charge on any atom is -0.493 e. The third kappa shape index (κ3) is 10.6. The average Bonchev–Trinajstić information content (AvgIpc) is 3.23. The highest BCUT2D eigenvalue weighted by Crippen LogP contribution is 2.46. The van der Waals surface area contributed by atoms with E-state index in [4.69, 9.17) is 44.2 Å². The number of sulfonamides is 1. The van der Waals surface area contributed by atoms with Gasteiger partial charge in [0.2, 0.25) is 16.0 Å². The zero-order valence-corrected chi connectivity index (χ0v) is 27.2. The monoisotopic (exact) mass is 776 g/mol. The maximum atomic E-state index is 13.2. The molecule has 0 aliphatic rings. The summed E-state index contributed by atoms with van der Waals surface area (Å²) in [5.41, 5.74) is 11.7. The maximum Gasteiger partial charge on any atom is 0.495 e. The van der Waals surface area contributed by atoms with Gasteiger partial charge in [0.1, 0.15) is 27.1 Å². The molecule has 3 rings (SSSR count). The first-order valence-corrected chi connectivity index (χ1v) is 16.1. The zero-order valence-electron chi connectivity index (χ0n) is 22.5. The Morgan fingerprint density at radius 1 is 1.00 bits per heavy atom. The van der Waals surface area contributed by atoms with Crippen LogP contribution in [0.25, 0.3) is 11.1 Å². The van der Waals surface area contributed by atoms with Gasteiger partial charge in [0.05, 0.1) is 16.0 Å². The fourth-order valence-corrected chi connectivity index (χ4v) is 7.05. The van der Waals surface area contributed by atoms with Crippen molar-refractivity contribution in [1.82, 2.24) is 4.72 Å². The summed E-state index contributed by atoms with van der Waals surface area (Å²) in [7, 11) is -4.48. The normalized spacial score (nSPS) is 12.2. The number of rotatable bonds is 13. The summed E-state index contributed by atoms with van der Waals surface area (Å²) in [4.78, 5) is 35.8. The number of carbonyl (C=O) groups is 2. The van der Waals surface area contributed by atoms with E-state index in [9.17, 15) is 31.2 Å². The molecule has 1 aromatic heterocycles. The lowest BCUT2D eigenvalue weighted by Crippen LogP contribution is -2.44. The molecule has 0 radical (unpaired) electrons. The number of oxime groups is 1. The molecule has 0 saturated carbocycles.